The minimum absolute atomic E-state index is 0.0420. The Morgan fingerprint density at radius 1 is 0.895 bits per heavy atom. The van der Waals surface area contributed by atoms with Crippen LogP contribution in [0.15, 0.2) is 72.8 Å². The van der Waals surface area contributed by atoms with Gasteiger partial charge in [-0.1, -0.05) is 49.6 Å². The average Bonchev–Trinajstić information content (AvgIpc) is 2.95. The second kappa shape index (κ2) is 14.2. The molecule has 0 atom stereocenters. The van der Waals surface area contributed by atoms with Crippen LogP contribution in [0.5, 0.6) is 11.5 Å². The highest BCUT2D eigenvalue weighted by atomic mass is 16.5. The van der Waals surface area contributed by atoms with E-state index in [9.17, 15) is 9.59 Å². The van der Waals surface area contributed by atoms with Crippen LogP contribution in [0.2, 0.25) is 0 Å². The fourth-order valence-electron chi connectivity index (χ4n) is 4.59. The summed E-state index contributed by atoms with van der Waals surface area (Å²) < 4.78 is 11.1. The van der Waals surface area contributed by atoms with E-state index in [1.807, 2.05) is 71.6 Å². The first-order valence-electron chi connectivity index (χ1n) is 13.4. The highest BCUT2D eigenvalue weighted by molar-refractivity contribution is 5.98. The Hall–Kier alpha value is -3.84. The maximum Gasteiger partial charge on any atom is 0.264 e. The minimum atomic E-state index is -0.160. The van der Waals surface area contributed by atoms with Gasteiger partial charge in [0.25, 0.3) is 11.8 Å². The van der Waals surface area contributed by atoms with Crippen LogP contribution in [-0.2, 0) is 17.9 Å². The van der Waals surface area contributed by atoms with Crippen LogP contribution in [0.3, 0.4) is 0 Å². The number of rotatable bonds is 7. The first-order valence-corrected chi connectivity index (χ1v) is 13.4. The molecule has 3 aromatic rings. The molecule has 0 unspecified atom stereocenters. The number of nitrogens with zero attached hydrogens (tertiary/aromatic N) is 1. The van der Waals surface area contributed by atoms with E-state index in [2.05, 4.69) is 10.6 Å². The molecular weight excluding hydrogens is 478 g/mol. The Balaban J connectivity index is 1.52. The number of nitrogens with one attached hydrogen (secondary N) is 2. The van der Waals surface area contributed by atoms with Crippen LogP contribution in [-0.4, -0.2) is 38.6 Å². The van der Waals surface area contributed by atoms with Crippen molar-refractivity contribution in [1.29, 1.82) is 0 Å². The van der Waals surface area contributed by atoms with E-state index in [0.717, 1.165) is 61.2 Å². The van der Waals surface area contributed by atoms with Gasteiger partial charge in [0.15, 0.2) is 6.61 Å². The van der Waals surface area contributed by atoms with Crippen molar-refractivity contribution in [2.45, 2.75) is 45.2 Å². The predicted molar refractivity (Wildman–Crippen MR) is 150 cm³/mol. The molecule has 0 bridgehead atoms. The van der Waals surface area contributed by atoms with E-state index in [4.69, 9.17) is 9.47 Å². The number of ether oxygens (including phenoxy) is 2. The van der Waals surface area contributed by atoms with Crippen molar-refractivity contribution in [3.8, 4) is 11.5 Å². The Labute approximate surface area is 225 Å². The molecule has 1 aliphatic heterocycles. The van der Waals surface area contributed by atoms with Crippen molar-refractivity contribution in [2.24, 2.45) is 0 Å². The van der Waals surface area contributed by atoms with Crippen LogP contribution in [0.4, 0.5) is 5.69 Å². The summed E-state index contributed by atoms with van der Waals surface area (Å²) in [4.78, 5) is 28.2. The van der Waals surface area contributed by atoms with E-state index in [1.165, 1.54) is 0 Å². The lowest BCUT2D eigenvalue weighted by molar-refractivity contribution is -0.120. The molecule has 0 aromatic heterocycles. The van der Waals surface area contributed by atoms with Crippen molar-refractivity contribution < 1.29 is 19.1 Å². The van der Waals surface area contributed by atoms with Gasteiger partial charge < -0.3 is 25.0 Å². The lowest BCUT2D eigenvalue weighted by Crippen LogP contribution is -2.37. The number of benzene rings is 3. The van der Waals surface area contributed by atoms with Gasteiger partial charge >= 0.3 is 0 Å². The molecule has 38 heavy (non-hydrogen) atoms. The molecule has 2 amide bonds. The number of methoxy groups -OCH3 is 1. The lowest BCUT2D eigenvalue weighted by atomic mass is 10.0. The molecule has 0 fully saturated rings. The number of carbonyl (C=O) groups excluding carboxylic acids is 2. The summed E-state index contributed by atoms with van der Waals surface area (Å²) in [5, 5.41) is 6.50. The predicted octanol–water partition coefficient (Wildman–Crippen LogP) is 5.09. The third-order valence-corrected chi connectivity index (χ3v) is 6.68. The number of para-hydroxylation sites is 1. The van der Waals surface area contributed by atoms with Crippen molar-refractivity contribution in [3.05, 3.63) is 89.5 Å². The van der Waals surface area contributed by atoms with Crippen molar-refractivity contribution in [2.75, 3.05) is 31.7 Å². The minimum Gasteiger partial charge on any atom is -0.497 e. The normalized spacial score (nSPS) is 14.4. The summed E-state index contributed by atoms with van der Waals surface area (Å²) in [6.07, 6.45) is 5.43. The average molecular weight is 516 g/mol. The highest BCUT2D eigenvalue weighted by Gasteiger charge is 2.21. The second-order valence-corrected chi connectivity index (χ2v) is 9.47. The van der Waals surface area contributed by atoms with Gasteiger partial charge in [-0.2, -0.15) is 0 Å². The molecule has 1 aliphatic rings. The monoisotopic (exact) mass is 515 g/mol. The third kappa shape index (κ3) is 7.83. The second-order valence-electron chi connectivity index (χ2n) is 9.47. The van der Waals surface area contributed by atoms with Gasteiger partial charge in [0, 0.05) is 30.9 Å². The van der Waals surface area contributed by atoms with Gasteiger partial charge in [-0.3, -0.25) is 9.59 Å². The molecule has 2 N–H and O–H groups in total. The molecule has 0 spiro atoms. The molecule has 7 nitrogen and oxygen atoms in total. The molecule has 3 aromatic carbocycles. The molecular formula is C31H37N3O4. The first-order chi connectivity index (χ1) is 18.6. The smallest absolute Gasteiger partial charge is 0.264 e. The Morgan fingerprint density at radius 3 is 2.53 bits per heavy atom. The standard InChI is InChI=1S/C31H37N3O4/c1-37-28-14-10-11-24(19-28)21-33-31(36)25-15-16-29-26(20-25)22-32-17-8-3-2-4-9-18-34(29)30(35)23-38-27-12-6-5-7-13-27/h5-7,10-16,19-20,32H,2-4,8-9,17-18,21-23H2,1H3,(H,33,36). The largest absolute Gasteiger partial charge is 0.497 e. The number of hydrogen-bond acceptors (Lipinski definition) is 5. The summed E-state index contributed by atoms with van der Waals surface area (Å²) in [5.74, 6) is 1.16. The first kappa shape index (κ1) is 27.2. The molecule has 0 saturated carbocycles. The van der Waals surface area contributed by atoms with Gasteiger partial charge in [-0.25, -0.2) is 0 Å². The maximum absolute atomic E-state index is 13.4. The van der Waals surface area contributed by atoms with Crippen molar-refractivity contribution in [1.82, 2.24) is 10.6 Å². The Bertz CT molecular complexity index is 1200. The molecule has 4 rings (SSSR count). The fraction of sp³-hybridized carbons (Fsp3) is 0.355. The number of hydrogen-bond donors (Lipinski definition) is 2. The number of anilines is 1. The summed E-state index contributed by atoms with van der Waals surface area (Å²) in [7, 11) is 1.62. The van der Waals surface area contributed by atoms with E-state index < -0.39 is 0 Å². The van der Waals surface area contributed by atoms with Crippen molar-refractivity contribution in [3.63, 3.8) is 0 Å². The fourth-order valence-corrected chi connectivity index (χ4v) is 4.59. The Morgan fingerprint density at radius 2 is 1.68 bits per heavy atom. The number of fused-ring (bicyclic) bond motifs is 1. The third-order valence-electron chi connectivity index (χ3n) is 6.68. The Kier molecular flexibility index (Phi) is 10.2. The number of amides is 2. The summed E-state index contributed by atoms with van der Waals surface area (Å²) in [5.41, 5.74) is 3.27. The van der Waals surface area contributed by atoms with Gasteiger partial charge in [0.2, 0.25) is 0 Å². The SMILES string of the molecule is COc1cccc(CNC(=O)c2ccc3c(c2)CNCCCCCCCN3C(=O)COc2ccccc2)c1. The molecule has 0 saturated heterocycles. The molecule has 0 radical (unpaired) electrons. The lowest BCUT2D eigenvalue weighted by Gasteiger charge is -2.26. The zero-order valence-electron chi connectivity index (χ0n) is 22.1. The summed E-state index contributed by atoms with van der Waals surface area (Å²) in [6.45, 7) is 2.45. The molecule has 7 heteroatoms. The number of carbonyl (C=O) groups is 2. The maximum atomic E-state index is 13.4. The van der Waals surface area contributed by atoms with Gasteiger partial charge in [-0.05, 0) is 73.0 Å². The zero-order chi connectivity index (χ0) is 26.6. The van der Waals surface area contributed by atoms with E-state index in [-0.39, 0.29) is 18.4 Å². The van der Waals surface area contributed by atoms with Gasteiger partial charge in [0.1, 0.15) is 11.5 Å². The van der Waals surface area contributed by atoms with Crippen LogP contribution in [0.1, 0.15) is 53.6 Å². The molecule has 1 heterocycles. The zero-order valence-corrected chi connectivity index (χ0v) is 22.1. The summed E-state index contributed by atoms with van der Waals surface area (Å²) >= 11 is 0. The van der Waals surface area contributed by atoms with Crippen LogP contribution >= 0.6 is 0 Å². The molecule has 0 aliphatic carbocycles. The topological polar surface area (TPSA) is 79.9 Å². The van der Waals surface area contributed by atoms with Gasteiger partial charge in [-0.15, -0.1) is 0 Å². The van der Waals surface area contributed by atoms with Gasteiger partial charge in [0.05, 0.1) is 7.11 Å². The van der Waals surface area contributed by atoms with E-state index in [0.29, 0.717) is 30.9 Å². The summed E-state index contributed by atoms with van der Waals surface area (Å²) in [6, 6.07) is 22.6. The van der Waals surface area contributed by atoms with Crippen LogP contribution < -0.4 is 25.0 Å². The van der Waals surface area contributed by atoms with Crippen LogP contribution in [0.25, 0.3) is 0 Å². The van der Waals surface area contributed by atoms with Crippen LogP contribution in [0, 0.1) is 0 Å². The molecule has 200 valence electrons. The van der Waals surface area contributed by atoms with E-state index in [1.54, 1.807) is 13.2 Å². The van der Waals surface area contributed by atoms with Crippen molar-refractivity contribution >= 4 is 17.5 Å². The van der Waals surface area contributed by atoms with E-state index >= 15 is 0 Å². The quantitative estimate of drug-likeness (QED) is 0.458. The highest BCUT2D eigenvalue weighted by Crippen LogP contribution is 2.25.